The lowest BCUT2D eigenvalue weighted by atomic mass is 9.85. The average Bonchev–Trinajstić information content (AvgIpc) is 3.13. The predicted molar refractivity (Wildman–Crippen MR) is 151 cm³/mol. The Balaban J connectivity index is 1.56. The number of rotatable bonds is 10. The molecule has 4 nitrogen and oxygen atoms in total. The minimum absolute atomic E-state index is 0.0437. The molecule has 0 unspecified atom stereocenters. The number of carbonyl (C=O) groups is 1. The number of fused-ring (bicyclic) bond motifs is 1. The highest BCUT2D eigenvalue weighted by molar-refractivity contribution is 6.01. The van der Waals surface area contributed by atoms with Crippen molar-refractivity contribution in [2.24, 2.45) is 5.92 Å². The van der Waals surface area contributed by atoms with Gasteiger partial charge in [-0.3, -0.25) is 4.39 Å². The molecule has 0 atom stereocenters. The molecule has 0 bridgehead atoms. The van der Waals surface area contributed by atoms with Gasteiger partial charge >= 0.3 is 5.97 Å². The van der Waals surface area contributed by atoms with Crippen LogP contribution in [0.2, 0.25) is 0 Å². The van der Waals surface area contributed by atoms with Crippen LogP contribution in [0.5, 0.6) is 5.75 Å². The van der Waals surface area contributed by atoms with Crippen molar-refractivity contribution in [3.8, 4) is 5.75 Å². The number of aryl methyl sites for hydroxylation is 1. The van der Waals surface area contributed by atoms with Crippen LogP contribution in [0.3, 0.4) is 0 Å². The number of methoxy groups -OCH3 is 1. The van der Waals surface area contributed by atoms with E-state index in [1.54, 1.807) is 24.3 Å². The van der Waals surface area contributed by atoms with Crippen molar-refractivity contribution in [1.82, 2.24) is 4.90 Å². The fourth-order valence-electron chi connectivity index (χ4n) is 6.05. The lowest BCUT2D eigenvalue weighted by Gasteiger charge is -2.39. The van der Waals surface area contributed by atoms with Crippen molar-refractivity contribution in [2.45, 2.75) is 38.5 Å². The van der Waals surface area contributed by atoms with E-state index in [4.69, 9.17) is 4.74 Å². The summed E-state index contributed by atoms with van der Waals surface area (Å²) in [6.45, 7) is 2.47. The summed E-state index contributed by atoms with van der Waals surface area (Å²) >= 11 is 0. The second-order valence-electron chi connectivity index (χ2n) is 10.7. The van der Waals surface area contributed by atoms with Crippen molar-refractivity contribution in [2.75, 3.05) is 33.4 Å². The Morgan fingerprint density at radius 3 is 2.48 bits per heavy atom. The molecule has 1 heterocycles. The third-order valence-electron chi connectivity index (χ3n) is 8.02. The largest absolute Gasteiger partial charge is 0.497 e. The van der Waals surface area contributed by atoms with Gasteiger partial charge < -0.3 is 14.7 Å². The van der Waals surface area contributed by atoms with E-state index in [1.165, 1.54) is 18.7 Å². The molecular weight excluding hydrogens is 515 g/mol. The second kappa shape index (κ2) is 12.3. The summed E-state index contributed by atoms with van der Waals surface area (Å²) in [5, 5.41) is 9.58. The molecule has 1 N–H and O–H groups in total. The fraction of sp³-hybridized carbons (Fsp3) is 0.364. The number of benzene rings is 3. The maximum atomic E-state index is 14.2. The number of aromatic carboxylic acids is 1. The molecule has 0 radical (unpaired) electrons. The minimum atomic E-state index is -2.65. The van der Waals surface area contributed by atoms with Gasteiger partial charge in [-0.15, -0.1) is 0 Å². The molecule has 3 aromatic carbocycles. The Hall–Kier alpha value is -3.58. The second-order valence-corrected chi connectivity index (χ2v) is 10.7. The summed E-state index contributed by atoms with van der Waals surface area (Å²) in [5.74, 6) is 0.0567. The van der Waals surface area contributed by atoms with Gasteiger partial charge in [0.15, 0.2) is 0 Å². The Morgan fingerprint density at radius 2 is 1.80 bits per heavy atom. The molecule has 210 valence electrons. The molecule has 0 amide bonds. The number of hydrogen-bond acceptors (Lipinski definition) is 3. The van der Waals surface area contributed by atoms with Gasteiger partial charge in [-0.2, -0.15) is 0 Å². The standard InChI is InChI=1S/C33H34F3NO3/c1-40-26-11-13-29(32(35)36)30(18-26)28-5-2-4-24-17-25(33(38)39)10-12-27(24)31(28)23-8-6-21(7-9-23)16-22-19-37(20-22)15-3-14-34/h6-13,17-18,22,32H,2-5,14-16,19-20H2,1H3,(H,38,39). The van der Waals surface area contributed by atoms with E-state index < -0.39 is 12.4 Å². The fourth-order valence-corrected chi connectivity index (χ4v) is 6.05. The first kappa shape index (κ1) is 28.0. The van der Waals surface area contributed by atoms with Gasteiger partial charge in [0.1, 0.15) is 5.75 Å². The quantitative estimate of drug-likeness (QED) is 0.285. The van der Waals surface area contributed by atoms with E-state index >= 15 is 0 Å². The predicted octanol–water partition coefficient (Wildman–Crippen LogP) is 7.46. The molecule has 5 rings (SSSR count). The van der Waals surface area contributed by atoms with Gasteiger partial charge in [0.25, 0.3) is 6.43 Å². The number of nitrogens with zero attached hydrogens (tertiary/aromatic N) is 1. The van der Waals surface area contributed by atoms with E-state index in [0.29, 0.717) is 42.9 Å². The van der Waals surface area contributed by atoms with Crippen LogP contribution in [0.15, 0.2) is 60.7 Å². The average molecular weight is 550 g/mol. The Labute approximate surface area is 233 Å². The number of halogens is 3. The molecule has 1 aliphatic heterocycles. The van der Waals surface area contributed by atoms with Crippen molar-refractivity contribution in [3.05, 3.63) is 99.6 Å². The zero-order valence-corrected chi connectivity index (χ0v) is 22.6. The summed E-state index contributed by atoms with van der Waals surface area (Å²) in [6.07, 6.45) is 0.777. The molecule has 1 saturated heterocycles. The van der Waals surface area contributed by atoms with Crippen LogP contribution in [-0.4, -0.2) is 49.4 Å². The highest BCUT2D eigenvalue weighted by atomic mass is 19.3. The van der Waals surface area contributed by atoms with Crippen LogP contribution in [0.25, 0.3) is 11.1 Å². The number of ether oxygens (including phenoxy) is 1. The maximum Gasteiger partial charge on any atom is 0.335 e. The van der Waals surface area contributed by atoms with E-state index in [9.17, 15) is 23.1 Å². The number of likely N-dealkylation sites (tertiary alicyclic amines) is 1. The highest BCUT2D eigenvalue weighted by Gasteiger charge is 2.27. The van der Waals surface area contributed by atoms with Crippen molar-refractivity contribution < 1.29 is 27.8 Å². The molecule has 40 heavy (non-hydrogen) atoms. The summed E-state index contributed by atoms with van der Waals surface area (Å²) in [4.78, 5) is 14.0. The lowest BCUT2D eigenvalue weighted by molar-refractivity contribution is 0.0696. The summed E-state index contributed by atoms with van der Waals surface area (Å²) in [5.41, 5.74) is 6.18. The Morgan fingerprint density at radius 1 is 1.02 bits per heavy atom. The number of allylic oxidation sites excluding steroid dienone is 1. The highest BCUT2D eigenvalue weighted by Crippen LogP contribution is 2.43. The van der Waals surface area contributed by atoms with E-state index in [1.807, 2.05) is 18.2 Å². The van der Waals surface area contributed by atoms with Gasteiger partial charge in [-0.1, -0.05) is 30.3 Å². The van der Waals surface area contributed by atoms with E-state index in [-0.39, 0.29) is 17.8 Å². The van der Waals surface area contributed by atoms with E-state index in [2.05, 4.69) is 17.0 Å². The molecule has 0 spiro atoms. The van der Waals surface area contributed by atoms with Crippen molar-refractivity contribution in [3.63, 3.8) is 0 Å². The third kappa shape index (κ3) is 5.94. The molecule has 2 aliphatic rings. The normalized spacial score (nSPS) is 16.0. The van der Waals surface area contributed by atoms with Crippen LogP contribution < -0.4 is 4.74 Å². The van der Waals surface area contributed by atoms with E-state index in [0.717, 1.165) is 53.9 Å². The van der Waals surface area contributed by atoms with Gasteiger partial charge in [-0.05, 0) is 107 Å². The summed E-state index contributed by atoms with van der Waals surface area (Å²) in [6, 6.07) is 18.1. The van der Waals surface area contributed by atoms with Crippen molar-refractivity contribution in [1.29, 1.82) is 0 Å². The zero-order valence-electron chi connectivity index (χ0n) is 22.6. The number of alkyl halides is 3. The van der Waals surface area contributed by atoms with Gasteiger partial charge in [0.2, 0.25) is 0 Å². The van der Waals surface area contributed by atoms with Crippen LogP contribution in [0.4, 0.5) is 13.2 Å². The molecule has 0 saturated carbocycles. The van der Waals surface area contributed by atoms with Crippen LogP contribution in [0.1, 0.15) is 69.4 Å². The smallest absolute Gasteiger partial charge is 0.335 e. The summed E-state index contributed by atoms with van der Waals surface area (Å²) < 4.78 is 46.4. The van der Waals surface area contributed by atoms with Crippen LogP contribution >= 0.6 is 0 Å². The molecular formula is C33H34F3NO3. The molecule has 1 fully saturated rings. The molecule has 0 aromatic heterocycles. The summed E-state index contributed by atoms with van der Waals surface area (Å²) in [7, 11) is 1.52. The van der Waals surface area contributed by atoms with Gasteiger partial charge in [0.05, 0.1) is 19.3 Å². The number of hydrogen-bond donors (Lipinski definition) is 1. The number of carboxylic acid groups (broad SMARTS) is 1. The van der Waals surface area contributed by atoms with Crippen LogP contribution in [-0.2, 0) is 12.8 Å². The zero-order chi connectivity index (χ0) is 28.2. The van der Waals surface area contributed by atoms with Crippen LogP contribution in [0, 0.1) is 5.92 Å². The first-order chi connectivity index (χ1) is 19.4. The first-order valence-electron chi connectivity index (χ1n) is 13.8. The maximum absolute atomic E-state index is 14.2. The number of carboxylic acids is 1. The molecule has 3 aromatic rings. The Bertz CT molecular complexity index is 1390. The van der Waals surface area contributed by atoms with Gasteiger partial charge in [0, 0.05) is 25.2 Å². The SMILES string of the molecule is COc1ccc(C(F)F)c(C2=C(c3ccc(CC4CN(CCCF)C4)cc3)c3ccc(C(=O)O)cc3CCC2)c1. The van der Waals surface area contributed by atoms with Crippen molar-refractivity contribution >= 4 is 17.1 Å². The molecule has 1 aliphatic carbocycles. The third-order valence-corrected chi connectivity index (χ3v) is 8.02. The minimum Gasteiger partial charge on any atom is -0.497 e. The molecule has 7 heteroatoms. The lowest BCUT2D eigenvalue weighted by Crippen LogP contribution is -2.47. The monoisotopic (exact) mass is 549 g/mol. The topological polar surface area (TPSA) is 49.8 Å². The Kier molecular flexibility index (Phi) is 8.60. The van der Waals surface area contributed by atoms with Gasteiger partial charge in [-0.25, -0.2) is 13.6 Å². The first-order valence-corrected chi connectivity index (χ1v) is 13.8.